The quantitative estimate of drug-likeness (QED) is 0.774. The van der Waals surface area contributed by atoms with Gasteiger partial charge in [-0.1, -0.05) is 0 Å². The van der Waals surface area contributed by atoms with Crippen LogP contribution in [0.1, 0.15) is 6.42 Å². The highest BCUT2D eigenvalue weighted by molar-refractivity contribution is 5.43. The van der Waals surface area contributed by atoms with E-state index < -0.39 is 6.10 Å². The first-order valence-electron chi connectivity index (χ1n) is 6.19. The monoisotopic (exact) mass is 269 g/mol. The largest absolute Gasteiger partial charge is 0.481 e. The van der Waals surface area contributed by atoms with E-state index in [0.717, 1.165) is 0 Å². The molecule has 0 aromatic carbocycles. The van der Waals surface area contributed by atoms with Crippen molar-refractivity contribution in [1.82, 2.24) is 9.97 Å². The lowest BCUT2D eigenvalue weighted by Crippen LogP contribution is -2.45. The van der Waals surface area contributed by atoms with Crippen LogP contribution in [-0.4, -0.2) is 60.2 Å². The summed E-state index contributed by atoms with van der Waals surface area (Å²) in [6.45, 7) is 1.14. The first-order valence-corrected chi connectivity index (χ1v) is 6.19. The predicted octanol–water partition coefficient (Wildman–Crippen LogP) is -0.327. The smallest absolute Gasteiger partial charge is 0.321 e. The number of β-amino-alcohol motifs (C(OH)–C–C–N with tert-alkyl or cyclic N) is 1. The van der Waals surface area contributed by atoms with Crippen LogP contribution in [0.2, 0.25) is 0 Å². The Morgan fingerprint density at radius 2 is 2.16 bits per heavy atom. The van der Waals surface area contributed by atoms with Gasteiger partial charge in [-0.25, -0.2) is 0 Å². The van der Waals surface area contributed by atoms with Crippen molar-refractivity contribution in [3.05, 3.63) is 6.07 Å². The summed E-state index contributed by atoms with van der Waals surface area (Å²) in [5.41, 5.74) is 0. The number of aliphatic hydroxyl groups is 2. The first kappa shape index (κ1) is 13.8. The van der Waals surface area contributed by atoms with E-state index in [1.165, 1.54) is 14.2 Å². The molecule has 0 radical (unpaired) electrons. The van der Waals surface area contributed by atoms with E-state index in [-0.39, 0.29) is 18.5 Å². The molecule has 19 heavy (non-hydrogen) atoms. The van der Waals surface area contributed by atoms with Crippen LogP contribution >= 0.6 is 0 Å². The SMILES string of the molecule is COc1cc(N2CC[C@H](CO)[C@H](O)C2)nc(OC)n1. The Morgan fingerprint density at radius 1 is 1.37 bits per heavy atom. The lowest BCUT2D eigenvalue weighted by molar-refractivity contribution is 0.0545. The van der Waals surface area contributed by atoms with E-state index in [4.69, 9.17) is 14.6 Å². The number of piperidine rings is 1. The summed E-state index contributed by atoms with van der Waals surface area (Å²) >= 11 is 0. The fourth-order valence-electron chi connectivity index (χ4n) is 2.15. The van der Waals surface area contributed by atoms with Gasteiger partial charge in [0.15, 0.2) is 0 Å². The maximum absolute atomic E-state index is 9.95. The highest BCUT2D eigenvalue weighted by atomic mass is 16.5. The van der Waals surface area contributed by atoms with Crippen LogP contribution < -0.4 is 14.4 Å². The van der Waals surface area contributed by atoms with E-state index in [1.807, 2.05) is 4.90 Å². The van der Waals surface area contributed by atoms with Crippen molar-refractivity contribution in [1.29, 1.82) is 0 Å². The van der Waals surface area contributed by atoms with Gasteiger partial charge in [-0.05, 0) is 6.42 Å². The minimum atomic E-state index is -0.564. The van der Waals surface area contributed by atoms with Crippen molar-refractivity contribution in [3.63, 3.8) is 0 Å². The second-order valence-corrected chi connectivity index (χ2v) is 4.50. The average molecular weight is 269 g/mol. The Kier molecular flexibility index (Phi) is 4.39. The van der Waals surface area contributed by atoms with Gasteiger partial charge in [-0.2, -0.15) is 9.97 Å². The van der Waals surface area contributed by atoms with E-state index in [2.05, 4.69) is 9.97 Å². The van der Waals surface area contributed by atoms with Crippen LogP contribution in [0.4, 0.5) is 5.82 Å². The van der Waals surface area contributed by atoms with Crippen molar-refractivity contribution in [2.45, 2.75) is 12.5 Å². The molecule has 2 N–H and O–H groups in total. The van der Waals surface area contributed by atoms with Gasteiger partial charge in [-0.3, -0.25) is 0 Å². The lowest BCUT2D eigenvalue weighted by atomic mass is 9.95. The Balaban J connectivity index is 2.18. The molecule has 0 amide bonds. The molecule has 1 saturated heterocycles. The lowest BCUT2D eigenvalue weighted by Gasteiger charge is -2.35. The second kappa shape index (κ2) is 6.03. The minimum Gasteiger partial charge on any atom is -0.481 e. The van der Waals surface area contributed by atoms with Crippen molar-refractivity contribution in [3.8, 4) is 11.9 Å². The predicted molar refractivity (Wildman–Crippen MR) is 68.5 cm³/mol. The number of anilines is 1. The Hall–Kier alpha value is -1.60. The number of nitrogens with zero attached hydrogens (tertiary/aromatic N) is 3. The molecule has 0 saturated carbocycles. The molecule has 1 fully saturated rings. The Bertz CT molecular complexity index is 407. The zero-order valence-electron chi connectivity index (χ0n) is 11.1. The number of ether oxygens (including phenoxy) is 2. The third kappa shape index (κ3) is 3.05. The number of methoxy groups -OCH3 is 2. The van der Waals surface area contributed by atoms with Gasteiger partial charge in [0.05, 0.1) is 20.3 Å². The maximum atomic E-state index is 9.95. The molecule has 0 bridgehead atoms. The van der Waals surface area contributed by atoms with Gasteiger partial charge < -0.3 is 24.6 Å². The number of aliphatic hydroxyl groups excluding tert-OH is 2. The van der Waals surface area contributed by atoms with Gasteiger partial charge >= 0.3 is 6.01 Å². The second-order valence-electron chi connectivity index (χ2n) is 4.50. The molecule has 106 valence electrons. The summed E-state index contributed by atoms with van der Waals surface area (Å²) in [5.74, 6) is 1.00. The van der Waals surface area contributed by atoms with E-state index >= 15 is 0 Å². The number of rotatable bonds is 4. The molecular weight excluding hydrogens is 250 g/mol. The Morgan fingerprint density at radius 3 is 2.74 bits per heavy atom. The molecule has 2 atom stereocenters. The van der Waals surface area contributed by atoms with Crippen LogP contribution in [0.15, 0.2) is 6.07 Å². The summed E-state index contributed by atoms with van der Waals surface area (Å²) in [7, 11) is 3.02. The number of hydrogen-bond donors (Lipinski definition) is 2. The molecule has 7 heteroatoms. The topological polar surface area (TPSA) is 87.9 Å². The van der Waals surface area contributed by atoms with Crippen LogP contribution in [-0.2, 0) is 0 Å². The highest BCUT2D eigenvalue weighted by Crippen LogP contribution is 2.25. The van der Waals surface area contributed by atoms with Crippen molar-refractivity contribution in [2.24, 2.45) is 5.92 Å². The van der Waals surface area contributed by atoms with Crippen molar-refractivity contribution >= 4 is 5.82 Å². The normalized spacial score (nSPS) is 23.3. The summed E-state index contributed by atoms with van der Waals surface area (Å²) in [5, 5.41) is 19.1. The molecule has 1 aliphatic heterocycles. The fourth-order valence-corrected chi connectivity index (χ4v) is 2.15. The molecular formula is C12H19N3O4. The van der Waals surface area contributed by atoms with Crippen molar-refractivity contribution in [2.75, 3.05) is 38.8 Å². The van der Waals surface area contributed by atoms with Gasteiger partial charge in [0.1, 0.15) is 5.82 Å². The van der Waals surface area contributed by atoms with E-state index in [0.29, 0.717) is 31.2 Å². The van der Waals surface area contributed by atoms with E-state index in [1.54, 1.807) is 6.07 Å². The first-order chi connectivity index (χ1) is 9.17. The van der Waals surface area contributed by atoms with Gasteiger partial charge in [0.2, 0.25) is 5.88 Å². The molecule has 2 heterocycles. The molecule has 0 spiro atoms. The maximum Gasteiger partial charge on any atom is 0.321 e. The zero-order valence-corrected chi connectivity index (χ0v) is 11.1. The minimum absolute atomic E-state index is 0.00538. The third-order valence-electron chi connectivity index (χ3n) is 3.34. The molecule has 2 rings (SSSR count). The van der Waals surface area contributed by atoms with Crippen LogP contribution in [0.3, 0.4) is 0 Å². The zero-order chi connectivity index (χ0) is 13.8. The molecule has 1 aromatic heterocycles. The van der Waals surface area contributed by atoms with Gasteiger partial charge in [0.25, 0.3) is 0 Å². The summed E-state index contributed by atoms with van der Waals surface area (Å²) < 4.78 is 10.1. The Labute approximate surface area is 111 Å². The number of aromatic nitrogens is 2. The molecule has 7 nitrogen and oxygen atoms in total. The summed E-state index contributed by atoms with van der Waals surface area (Å²) in [4.78, 5) is 10.2. The van der Waals surface area contributed by atoms with Gasteiger partial charge in [0, 0.05) is 31.7 Å². The third-order valence-corrected chi connectivity index (χ3v) is 3.34. The van der Waals surface area contributed by atoms with Crippen LogP contribution in [0, 0.1) is 5.92 Å². The van der Waals surface area contributed by atoms with Crippen LogP contribution in [0.25, 0.3) is 0 Å². The standard InChI is InChI=1S/C12H19N3O4/c1-18-11-5-10(13-12(14-11)19-2)15-4-3-8(7-16)9(17)6-15/h5,8-9,16-17H,3-4,6-7H2,1-2H3/t8-,9-/m1/s1. The molecule has 0 unspecified atom stereocenters. The van der Waals surface area contributed by atoms with Gasteiger partial charge in [-0.15, -0.1) is 0 Å². The summed E-state index contributed by atoms with van der Waals surface area (Å²) in [6, 6.07) is 1.93. The number of hydrogen-bond acceptors (Lipinski definition) is 7. The fraction of sp³-hybridized carbons (Fsp3) is 0.667. The molecule has 1 aliphatic rings. The van der Waals surface area contributed by atoms with Crippen molar-refractivity contribution < 1.29 is 19.7 Å². The van der Waals surface area contributed by atoms with Crippen LogP contribution in [0.5, 0.6) is 11.9 Å². The average Bonchev–Trinajstić information content (AvgIpc) is 2.46. The highest BCUT2D eigenvalue weighted by Gasteiger charge is 2.28. The molecule has 0 aliphatic carbocycles. The van der Waals surface area contributed by atoms with E-state index in [9.17, 15) is 5.11 Å². The summed E-state index contributed by atoms with van der Waals surface area (Å²) in [6.07, 6.45) is 0.150. The molecule has 1 aromatic rings.